The van der Waals surface area contributed by atoms with Crippen molar-refractivity contribution in [1.82, 2.24) is 4.90 Å². The molecule has 0 radical (unpaired) electrons. The molecule has 122 valence electrons. The van der Waals surface area contributed by atoms with E-state index >= 15 is 0 Å². The van der Waals surface area contributed by atoms with E-state index in [2.05, 4.69) is 4.74 Å². The topological polar surface area (TPSA) is 85.8 Å². The summed E-state index contributed by atoms with van der Waals surface area (Å²) in [6.45, 7) is 2.38. The molecular weight excluding hydrogens is 296 g/mol. The Morgan fingerprint density at radius 3 is 2.48 bits per heavy atom. The number of esters is 1. The van der Waals surface area contributed by atoms with Crippen molar-refractivity contribution in [2.75, 3.05) is 14.2 Å². The van der Waals surface area contributed by atoms with Crippen molar-refractivity contribution in [3.63, 3.8) is 0 Å². The van der Waals surface area contributed by atoms with Gasteiger partial charge in [0, 0.05) is 19.2 Å². The largest absolute Gasteiger partial charge is 0.465 e. The summed E-state index contributed by atoms with van der Waals surface area (Å²) >= 11 is 0. The number of nitrogens with zero attached hydrogens (tertiary/aromatic N) is 1. The molecule has 0 unspecified atom stereocenters. The van der Waals surface area contributed by atoms with Crippen molar-refractivity contribution >= 4 is 11.9 Å². The number of nitrogens with two attached hydrogens (primary N) is 1. The first-order chi connectivity index (χ1) is 11.0. The van der Waals surface area contributed by atoms with Crippen LogP contribution in [0.2, 0.25) is 0 Å². The quantitative estimate of drug-likeness (QED) is 0.854. The lowest BCUT2D eigenvalue weighted by Crippen LogP contribution is -2.26. The molecule has 0 aliphatic heterocycles. The Morgan fingerprint density at radius 2 is 1.91 bits per heavy atom. The lowest BCUT2D eigenvalue weighted by molar-refractivity contribution is 0.0598. The summed E-state index contributed by atoms with van der Waals surface area (Å²) < 4.78 is 10.2. The molecule has 1 amide bonds. The van der Waals surface area contributed by atoms with E-state index < -0.39 is 5.97 Å². The summed E-state index contributed by atoms with van der Waals surface area (Å²) in [7, 11) is 2.99. The SMILES string of the molecule is COC(=O)c1cc(CN(C)C(=O)c2ccc(CN)cc2)oc1C. The van der Waals surface area contributed by atoms with Gasteiger partial charge in [-0.2, -0.15) is 0 Å². The number of aryl methyl sites for hydroxylation is 1. The number of amides is 1. The van der Waals surface area contributed by atoms with Gasteiger partial charge in [-0.1, -0.05) is 12.1 Å². The van der Waals surface area contributed by atoms with Crippen molar-refractivity contribution in [3.8, 4) is 0 Å². The third-order valence-electron chi connectivity index (χ3n) is 3.55. The van der Waals surface area contributed by atoms with Crippen molar-refractivity contribution in [2.45, 2.75) is 20.0 Å². The monoisotopic (exact) mass is 316 g/mol. The summed E-state index contributed by atoms with van der Waals surface area (Å²) in [6.07, 6.45) is 0. The Hall–Kier alpha value is -2.60. The predicted molar refractivity (Wildman–Crippen MR) is 84.9 cm³/mol. The Morgan fingerprint density at radius 1 is 1.26 bits per heavy atom. The number of ether oxygens (including phenoxy) is 1. The number of hydrogen-bond donors (Lipinski definition) is 1. The average molecular weight is 316 g/mol. The summed E-state index contributed by atoms with van der Waals surface area (Å²) in [4.78, 5) is 25.5. The number of carbonyl (C=O) groups excluding carboxylic acids is 2. The van der Waals surface area contributed by atoms with E-state index in [4.69, 9.17) is 10.2 Å². The normalized spacial score (nSPS) is 10.4. The maximum atomic E-state index is 12.4. The molecule has 2 aromatic rings. The number of carbonyl (C=O) groups is 2. The molecule has 0 saturated heterocycles. The van der Waals surface area contributed by atoms with Crippen LogP contribution >= 0.6 is 0 Å². The Balaban J connectivity index is 2.10. The van der Waals surface area contributed by atoms with Gasteiger partial charge in [0.2, 0.25) is 0 Å². The van der Waals surface area contributed by atoms with Gasteiger partial charge >= 0.3 is 5.97 Å². The Kier molecular flexibility index (Phi) is 5.18. The van der Waals surface area contributed by atoms with Crippen molar-refractivity contribution < 1.29 is 18.7 Å². The highest BCUT2D eigenvalue weighted by molar-refractivity contribution is 5.94. The first-order valence-electron chi connectivity index (χ1n) is 7.18. The maximum Gasteiger partial charge on any atom is 0.341 e. The van der Waals surface area contributed by atoms with Gasteiger partial charge in [0.25, 0.3) is 5.91 Å². The fourth-order valence-electron chi connectivity index (χ4n) is 2.24. The molecule has 0 fully saturated rings. The second kappa shape index (κ2) is 7.11. The first kappa shape index (κ1) is 16.8. The molecule has 6 nitrogen and oxygen atoms in total. The van der Waals surface area contributed by atoms with E-state index in [1.54, 1.807) is 32.2 Å². The Labute approximate surface area is 134 Å². The third kappa shape index (κ3) is 3.78. The molecule has 1 heterocycles. The zero-order valence-corrected chi connectivity index (χ0v) is 13.5. The predicted octanol–water partition coefficient (Wildman–Crippen LogP) is 2.11. The fourth-order valence-corrected chi connectivity index (χ4v) is 2.24. The van der Waals surface area contributed by atoms with Crippen LogP contribution in [-0.2, 0) is 17.8 Å². The van der Waals surface area contributed by atoms with Gasteiger partial charge in [-0.15, -0.1) is 0 Å². The van der Waals surface area contributed by atoms with E-state index in [-0.39, 0.29) is 12.5 Å². The highest BCUT2D eigenvalue weighted by atomic mass is 16.5. The van der Waals surface area contributed by atoms with E-state index in [0.717, 1.165) is 5.56 Å². The molecule has 0 bridgehead atoms. The van der Waals surface area contributed by atoms with Gasteiger partial charge < -0.3 is 19.8 Å². The fraction of sp³-hybridized carbons (Fsp3) is 0.294. The smallest absolute Gasteiger partial charge is 0.341 e. The molecular formula is C17H20N2O4. The first-order valence-corrected chi connectivity index (χ1v) is 7.18. The molecule has 0 atom stereocenters. The molecule has 1 aromatic carbocycles. The summed E-state index contributed by atoms with van der Waals surface area (Å²) in [5.41, 5.74) is 7.45. The summed E-state index contributed by atoms with van der Waals surface area (Å²) in [5.74, 6) is 0.406. The minimum Gasteiger partial charge on any atom is -0.465 e. The standard InChI is InChI=1S/C17H20N2O4/c1-11-15(17(21)22-3)8-14(23-11)10-19(2)16(20)13-6-4-12(9-18)5-7-13/h4-8H,9-10,18H2,1-3H3. The van der Waals surface area contributed by atoms with E-state index in [9.17, 15) is 9.59 Å². The van der Waals surface area contributed by atoms with Crippen molar-refractivity contribution in [1.29, 1.82) is 0 Å². The van der Waals surface area contributed by atoms with Crippen LogP contribution in [0.4, 0.5) is 0 Å². The third-order valence-corrected chi connectivity index (χ3v) is 3.55. The van der Waals surface area contributed by atoms with Crippen LogP contribution in [0.25, 0.3) is 0 Å². The number of methoxy groups -OCH3 is 1. The number of furan rings is 1. The minimum absolute atomic E-state index is 0.137. The number of rotatable bonds is 5. The second-order valence-electron chi connectivity index (χ2n) is 5.24. The van der Waals surface area contributed by atoms with Crippen LogP contribution in [0.3, 0.4) is 0 Å². The van der Waals surface area contributed by atoms with E-state index in [1.165, 1.54) is 12.0 Å². The van der Waals surface area contributed by atoms with Crippen LogP contribution in [0.15, 0.2) is 34.7 Å². The molecule has 2 rings (SSSR count). The summed E-state index contributed by atoms with van der Waals surface area (Å²) in [5, 5.41) is 0. The van der Waals surface area contributed by atoms with Gasteiger partial charge in [-0.25, -0.2) is 4.79 Å². The van der Waals surface area contributed by atoms with Crippen LogP contribution in [0, 0.1) is 6.92 Å². The van der Waals surface area contributed by atoms with Gasteiger partial charge in [0.1, 0.15) is 17.1 Å². The van der Waals surface area contributed by atoms with Crippen LogP contribution in [0.1, 0.15) is 37.8 Å². The highest BCUT2D eigenvalue weighted by Crippen LogP contribution is 2.18. The average Bonchev–Trinajstić information content (AvgIpc) is 2.93. The van der Waals surface area contributed by atoms with Crippen LogP contribution in [-0.4, -0.2) is 30.9 Å². The molecule has 6 heteroatoms. The lowest BCUT2D eigenvalue weighted by Gasteiger charge is -2.16. The molecule has 1 aromatic heterocycles. The molecule has 0 spiro atoms. The van der Waals surface area contributed by atoms with Gasteiger partial charge in [-0.05, 0) is 30.7 Å². The van der Waals surface area contributed by atoms with Gasteiger partial charge in [-0.3, -0.25) is 4.79 Å². The number of hydrogen-bond acceptors (Lipinski definition) is 5. The molecule has 2 N–H and O–H groups in total. The number of benzene rings is 1. The maximum absolute atomic E-state index is 12.4. The lowest BCUT2D eigenvalue weighted by atomic mass is 10.1. The molecule has 0 aliphatic rings. The van der Waals surface area contributed by atoms with Gasteiger partial charge in [0.15, 0.2) is 0 Å². The summed E-state index contributed by atoms with van der Waals surface area (Å²) in [6, 6.07) is 8.74. The highest BCUT2D eigenvalue weighted by Gasteiger charge is 2.18. The Bertz CT molecular complexity index is 704. The van der Waals surface area contributed by atoms with Crippen molar-refractivity contribution in [3.05, 3.63) is 58.5 Å². The van der Waals surface area contributed by atoms with Crippen LogP contribution in [0.5, 0.6) is 0 Å². The molecule has 0 aliphatic carbocycles. The minimum atomic E-state index is -0.455. The van der Waals surface area contributed by atoms with E-state index in [1.807, 2.05) is 12.1 Å². The van der Waals surface area contributed by atoms with Gasteiger partial charge in [0.05, 0.1) is 13.7 Å². The second-order valence-corrected chi connectivity index (χ2v) is 5.24. The van der Waals surface area contributed by atoms with Crippen LogP contribution < -0.4 is 5.73 Å². The molecule has 23 heavy (non-hydrogen) atoms. The van der Waals surface area contributed by atoms with Crippen molar-refractivity contribution in [2.24, 2.45) is 5.73 Å². The van der Waals surface area contributed by atoms with E-state index in [0.29, 0.717) is 29.2 Å². The zero-order valence-electron chi connectivity index (χ0n) is 13.5. The zero-order chi connectivity index (χ0) is 17.0. The molecule has 0 saturated carbocycles.